The molecule has 3 nitrogen and oxygen atoms in total. The molecular formula is C14H18O3. The van der Waals surface area contributed by atoms with E-state index in [9.17, 15) is 4.79 Å². The lowest BCUT2D eigenvalue weighted by atomic mass is 10.1. The molecule has 1 aliphatic rings. The first-order valence-electron chi connectivity index (χ1n) is 6.09. The first-order chi connectivity index (χ1) is 8.34. The lowest BCUT2D eigenvalue weighted by molar-refractivity contribution is -0.124. The second kappa shape index (κ2) is 6.52. The van der Waals surface area contributed by atoms with E-state index in [0.717, 1.165) is 25.0 Å². The number of rotatable bonds is 6. The van der Waals surface area contributed by atoms with Crippen molar-refractivity contribution in [2.75, 3.05) is 19.8 Å². The van der Waals surface area contributed by atoms with Gasteiger partial charge in [-0.1, -0.05) is 30.3 Å². The number of ketones is 1. The highest BCUT2D eigenvalue weighted by molar-refractivity contribution is 5.82. The van der Waals surface area contributed by atoms with E-state index >= 15 is 0 Å². The largest absolute Gasteiger partial charge is 0.376 e. The zero-order valence-electron chi connectivity index (χ0n) is 9.93. The molecule has 2 rings (SSSR count). The van der Waals surface area contributed by atoms with Crippen LogP contribution in [0.3, 0.4) is 0 Å². The van der Waals surface area contributed by atoms with Crippen LogP contribution in [0.2, 0.25) is 0 Å². The van der Waals surface area contributed by atoms with Crippen molar-refractivity contribution in [1.82, 2.24) is 0 Å². The van der Waals surface area contributed by atoms with Gasteiger partial charge >= 0.3 is 0 Å². The van der Waals surface area contributed by atoms with Gasteiger partial charge in [0.2, 0.25) is 0 Å². The molecule has 92 valence electrons. The Morgan fingerprint density at radius 1 is 1.35 bits per heavy atom. The zero-order valence-corrected chi connectivity index (χ0v) is 9.93. The van der Waals surface area contributed by atoms with Gasteiger partial charge in [-0.05, 0) is 18.4 Å². The number of Topliss-reactive ketones (excluding diaryl/α,β-unsaturated/α-hetero) is 1. The summed E-state index contributed by atoms with van der Waals surface area (Å²) >= 11 is 0. The minimum Gasteiger partial charge on any atom is -0.376 e. The Kier molecular flexibility index (Phi) is 4.71. The molecule has 1 saturated heterocycles. The first kappa shape index (κ1) is 12.3. The van der Waals surface area contributed by atoms with Crippen LogP contribution in [0.1, 0.15) is 18.4 Å². The number of benzene rings is 1. The van der Waals surface area contributed by atoms with Crippen molar-refractivity contribution >= 4 is 5.78 Å². The van der Waals surface area contributed by atoms with Gasteiger partial charge in [0, 0.05) is 13.0 Å². The summed E-state index contributed by atoms with van der Waals surface area (Å²) in [5, 5.41) is 0. The predicted octanol–water partition coefficient (Wildman–Crippen LogP) is 1.99. The van der Waals surface area contributed by atoms with Crippen molar-refractivity contribution in [3.05, 3.63) is 35.9 Å². The highest BCUT2D eigenvalue weighted by Gasteiger charge is 2.15. The Balaban J connectivity index is 1.64. The van der Waals surface area contributed by atoms with Crippen LogP contribution in [0, 0.1) is 0 Å². The minimum absolute atomic E-state index is 0.120. The lowest BCUT2D eigenvalue weighted by Crippen LogP contribution is -2.19. The smallest absolute Gasteiger partial charge is 0.162 e. The Morgan fingerprint density at radius 3 is 2.88 bits per heavy atom. The van der Waals surface area contributed by atoms with Crippen molar-refractivity contribution < 1.29 is 14.3 Å². The number of ether oxygens (including phenoxy) is 2. The van der Waals surface area contributed by atoms with Crippen molar-refractivity contribution in [3.63, 3.8) is 0 Å². The van der Waals surface area contributed by atoms with E-state index in [1.165, 1.54) is 0 Å². The Bertz CT molecular complexity index is 342. The molecule has 1 fully saturated rings. The average Bonchev–Trinajstić information content (AvgIpc) is 2.83. The second-order valence-corrected chi connectivity index (χ2v) is 4.35. The van der Waals surface area contributed by atoms with Crippen molar-refractivity contribution in [3.8, 4) is 0 Å². The normalized spacial score (nSPS) is 19.4. The maximum absolute atomic E-state index is 11.6. The molecule has 3 heteroatoms. The third kappa shape index (κ3) is 4.29. The molecule has 17 heavy (non-hydrogen) atoms. The number of carbonyl (C=O) groups excluding carboxylic acids is 1. The van der Waals surface area contributed by atoms with Crippen molar-refractivity contribution in [2.24, 2.45) is 0 Å². The van der Waals surface area contributed by atoms with Crippen molar-refractivity contribution in [2.45, 2.75) is 25.4 Å². The molecule has 0 radical (unpaired) electrons. The van der Waals surface area contributed by atoms with Crippen LogP contribution in [0.25, 0.3) is 0 Å². The summed E-state index contributed by atoms with van der Waals surface area (Å²) < 4.78 is 10.8. The fourth-order valence-electron chi connectivity index (χ4n) is 1.95. The number of hydrogen-bond donors (Lipinski definition) is 0. The van der Waals surface area contributed by atoms with E-state index in [1.54, 1.807) is 0 Å². The molecule has 0 amide bonds. The summed E-state index contributed by atoms with van der Waals surface area (Å²) in [6, 6.07) is 9.74. The molecule has 0 aromatic heterocycles. The molecule has 0 saturated carbocycles. The van der Waals surface area contributed by atoms with Gasteiger partial charge in [0.25, 0.3) is 0 Å². The van der Waals surface area contributed by atoms with E-state index in [4.69, 9.17) is 9.47 Å². The molecule has 1 atom stereocenters. The Morgan fingerprint density at radius 2 is 2.18 bits per heavy atom. The second-order valence-electron chi connectivity index (χ2n) is 4.35. The minimum atomic E-state index is 0.120. The van der Waals surface area contributed by atoms with E-state index in [0.29, 0.717) is 13.0 Å². The molecule has 1 aromatic rings. The van der Waals surface area contributed by atoms with Gasteiger partial charge in [-0.2, -0.15) is 0 Å². The summed E-state index contributed by atoms with van der Waals surface area (Å²) in [4.78, 5) is 11.6. The predicted molar refractivity (Wildman–Crippen MR) is 64.9 cm³/mol. The molecular weight excluding hydrogens is 216 g/mol. The van der Waals surface area contributed by atoms with Crippen LogP contribution in [0.5, 0.6) is 0 Å². The van der Waals surface area contributed by atoms with E-state index in [1.807, 2.05) is 30.3 Å². The maximum Gasteiger partial charge on any atom is 0.162 e. The summed E-state index contributed by atoms with van der Waals surface area (Å²) in [5.74, 6) is 0.120. The summed E-state index contributed by atoms with van der Waals surface area (Å²) in [7, 11) is 0. The molecule has 0 spiro atoms. The molecule has 1 aromatic carbocycles. The van der Waals surface area contributed by atoms with Gasteiger partial charge in [-0.3, -0.25) is 4.79 Å². The van der Waals surface area contributed by atoms with E-state index in [2.05, 4.69) is 0 Å². The third-order valence-electron chi connectivity index (χ3n) is 2.83. The molecule has 0 bridgehead atoms. The fraction of sp³-hybridized carbons (Fsp3) is 0.500. The lowest BCUT2D eigenvalue weighted by Gasteiger charge is -2.09. The first-order valence-corrected chi connectivity index (χ1v) is 6.09. The molecule has 1 aliphatic heterocycles. The molecule has 0 aliphatic carbocycles. The maximum atomic E-state index is 11.6. The molecule has 0 N–H and O–H groups in total. The fourth-order valence-corrected chi connectivity index (χ4v) is 1.95. The zero-order chi connectivity index (χ0) is 11.9. The average molecular weight is 234 g/mol. The number of carbonyl (C=O) groups is 1. The summed E-state index contributed by atoms with van der Waals surface area (Å²) in [6.45, 7) is 1.56. The van der Waals surface area contributed by atoms with Crippen LogP contribution >= 0.6 is 0 Å². The molecule has 1 unspecified atom stereocenters. The Hall–Kier alpha value is -1.19. The van der Waals surface area contributed by atoms with Gasteiger partial charge in [0.05, 0.1) is 12.7 Å². The summed E-state index contributed by atoms with van der Waals surface area (Å²) in [5.41, 5.74) is 1.04. The topological polar surface area (TPSA) is 35.5 Å². The van der Waals surface area contributed by atoms with E-state index < -0.39 is 0 Å². The van der Waals surface area contributed by atoms with E-state index in [-0.39, 0.29) is 18.5 Å². The third-order valence-corrected chi connectivity index (χ3v) is 2.83. The summed E-state index contributed by atoms with van der Waals surface area (Å²) in [6.07, 6.45) is 2.80. The monoisotopic (exact) mass is 234 g/mol. The van der Waals surface area contributed by atoms with Gasteiger partial charge in [-0.15, -0.1) is 0 Å². The van der Waals surface area contributed by atoms with Gasteiger partial charge in [0.1, 0.15) is 6.61 Å². The van der Waals surface area contributed by atoms with Crippen LogP contribution in [-0.4, -0.2) is 31.7 Å². The standard InChI is InChI=1S/C14H18O3/c15-13(9-12-5-2-1-3-6-12)10-16-11-14-7-4-8-17-14/h1-3,5-6,14H,4,7-11H2. The highest BCUT2D eigenvalue weighted by Crippen LogP contribution is 2.11. The Labute approximate surface area is 102 Å². The SMILES string of the molecule is O=C(COCC1CCCO1)Cc1ccccc1. The van der Waals surface area contributed by atoms with Crippen LogP contribution in [0.15, 0.2) is 30.3 Å². The van der Waals surface area contributed by atoms with Gasteiger partial charge < -0.3 is 9.47 Å². The van der Waals surface area contributed by atoms with Crippen LogP contribution < -0.4 is 0 Å². The van der Waals surface area contributed by atoms with Gasteiger partial charge in [0.15, 0.2) is 5.78 Å². The highest BCUT2D eigenvalue weighted by atomic mass is 16.5. The number of hydrogen-bond acceptors (Lipinski definition) is 3. The quantitative estimate of drug-likeness (QED) is 0.755. The molecule has 1 heterocycles. The van der Waals surface area contributed by atoms with Crippen LogP contribution in [-0.2, 0) is 20.7 Å². The van der Waals surface area contributed by atoms with Gasteiger partial charge in [-0.25, -0.2) is 0 Å². The van der Waals surface area contributed by atoms with Crippen LogP contribution in [0.4, 0.5) is 0 Å². The van der Waals surface area contributed by atoms with Crippen molar-refractivity contribution in [1.29, 1.82) is 0 Å².